The fourth-order valence-corrected chi connectivity index (χ4v) is 1.96. The highest BCUT2D eigenvalue weighted by atomic mass is 127. The number of nitrogens with zero attached hydrogens (tertiary/aromatic N) is 1. The molecule has 0 fully saturated rings. The smallest absolute Gasteiger partial charge is 0.466 e. The lowest BCUT2D eigenvalue weighted by Crippen LogP contribution is -2.21. The number of hydrogen-bond donors (Lipinski definition) is 0. The molecule has 0 spiro atoms. The van der Waals surface area contributed by atoms with Gasteiger partial charge in [0.1, 0.15) is 3.70 Å². The van der Waals surface area contributed by atoms with Crippen LogP contribution in [-0.2, 0) is 16.0 Å². The summed E-state index contributed by atoms with van der Waals surface area (Å²) >= 11 is 1.62. The van der Waals surface area contributed by atoms with Gasteiger partial charge in [-0.05, 0) is 42.0 Å². The Morgan fingerprint density at radius 1 is 1.47 bits per heavy atom. The largest absolute Gasteiger partial charge is 0.573 e. The SMILES string of the molecule is CCOC(=O)Cc1c(C)cnc(I)c1OC(F)(F)F. The Morgan fingerprint density at radius 2 is 2.11 bits per heavy atom. The molecule has 8 heteroatoms. The molecule has 0 aliphatic carbocycles. The van der Waals surface area contributed by atoms with Gasteiger partial charge >= 0.3 is 12.3 Å². The van der Waals surface area contributed by atoms with Gasteiger partial charge in [-0.2, -0.15) is 0 Å². The number of ether oxygens (including phenoxy) is 2. The Balaban J connectivity index is 3.13. The van der Waals surface area contributed by atoms with Crippen LogP contribution in [0.15, 0.2) is 6.20 Å². The molecule has 4 nitrogen and oxygen atoms in total. The van der Waals surface area contributed by atoms with E-state index < -0.39 is 18.1 Å². The maximum absolute atomic E-state index is 12.3. The van der Waals surface area contributed by atoms with Crippen LogP contribution < -0.4 is 4.74 Å². The van der Waals surface area contributed by atoms with Gasteiger partial charge in [0.2, 0.25) is 0 Å². The van der Waals surface area contributed by atoms with Crippen molar-refractivity contribution < 1.29 is 27.4 Å². The van der Waals surface area contributed by atoms with E-state index in [0.717, 1.165) is 0 Å². The van der Waals surface area contributed by atoms with E-state index in [-0.39, 0.29) is 22.3 Å². The highest BCUT2D eigenvalue weighted by Crippen LogP contribution is 2.32. The average Bonchev–Trinajstić information content (AvgIpc) is 2.27. The number of esters is 1. The minimum Gasteiger partial charge on any atom is -0.466 e. The van der Waals surface area contributed by atoms with Crippen molar-refractivity contribution in [3.63, 3.8) is 0 Å². The van der Waals surface area contributed by atoms with Gasteiger partial charge in [-0.1, -0.05) is 0 Å². The number of alkyl halides is 3. The quantitative estimate of drug-likeness (QED) is 0.452. The van der Waals surface area contributed by atoms with Crippen molar-refractivity contribution in [3.05, 3.63) is 21.0 Å². The summed E-state index contributed by atoms with van der Waals surface area (Å²) in [7, 11) is 0. The summed E-state index contributed by atoms with van der Waals surface area (Å²) in [6, 6.07) is 0. The van der Waals surface area contributed by atoms with E-state index in [0.29, 0.717) is 5.56 Å². The van der Waals surface area contributed by atoms with E-state index in [4.69, 9.17) is 4.74 Å². The number of rotatable bonds is 4. The highest BCUT2D eigenvalue weighted by Gasteiger charge is 2.34. The lowest BCUT2D eigenvalue weighted by molar-refractivity contribution is -0.275. The first-order valence-electron chi connectivity index (χ1n) is 5.30. The van der Waals surface area contributed by atoms with Crippen molar-refractivity contribution in [2.45, 2.75) is 26.6 Å². The molecule has 106 valence electrons. The number of carbonyl (C=O) groups excluding carboxylic acids is 1. The summed E-state index contributed by atoms with van der Waals surface area (Å²) in [5.41, 5.74) is 0.572. The average molecular weight is 389 g/mol. The Bertz CT molecular complexity index is 477. The van der Waals surface area contributed by atoms with Crippen molar-refractivity contribution >= 4 is 28.6 Å². The maximum atomic E-state index is 12.3. The van der Waals surface area contributed by atoms with Crippen molar-refractivity contribution in [1.29, 1.82) is 0 Å². The summed E-state index contributed by atoms with van der Waals surface area (Å²) in [6.45, 7) is 3.34. The van der Waals surface area contributed by atoms with Crippen LogP contribution in [0.4, 0.5) is 13.2 Å². The summed E-state index contributed by atoms with van der Waals surface area (Å²) < 4.78 is 45.8. The van der Waals surface area contributed by atoms with E-state index in [1.54, 1.807) is 36.4 Å². The third-order valence-corrected chi connectivity index (χ3v) is 2.92. The molecule has 0 amide bonds. The van der Waals surface area contributed by atoms with Crippen molar-refractivity contribution in [1.82, 2.24) is 4.98 Å². The lowest BCUT2D eigenvalue weighted by Gasteiger charge is -2.15. The molecular weight excluding hydrogens is 378 g/mol. The molecule has 1 aromatic rings. The van der Waals surface area contributed by atoms with Gasteiger partial charge in [0.05, 0.1) is 13.0 Å². The molecule has 0 unspecified atom stereocenters. The molecule has 0 aliphatic rings. The zero-order valence-electron chi connectivity index (χ0n) is 10.2. The Labute approximate surface area is 121 Å². The molecule has 0 aromatic carbocycles. The second-order valence-electron chi connectivity index (χ2n) is 3.57. The first-order valence-corrected chi connectivity index (χ1v) is 6.37. The fraction of sp³-hybridized carbons (Fsp3) is 0.455. The molecule has 1 heterocycles. The van der Waals surface area contributed by atoms with E-state index in [9.17, 15) is 18.0 Å². The first kappa shape index (κ1) is 16.0. The van der Waals surface area contributed by atoms with Gasteiger partial charge in [-0.15, -0.1) is 13.2 Å². The van der Waals surface area contributed by atoms with Crippen molar-refractivity contribution in [3.8, 4) is 5.75 Å². The monoisotopic (exact) mass is 389 g/mol. The number of pyridine rings is 1. The third-order valence-electron chi connectivity index (χ3n) is 2.15. The zero-order valence-corrected chi connectivity index (χ0v) is 12.3. The van der Waals surface area contributed by atoms with E-state index in [1.807, 2.05) is 0 Å². The number of aryl methyl sites for hydroxylation is 1. The van der Waals surface area contributed by atoms with Crippen LogP contribution in [0.5, 0.6) is 5.75 Å². The topological polar surface area (TPSA) is 48.4 Å². The molecule has 1 aromatic heterocycles. The molecular formula is C11H11F3INO3. The van der Waals surface area contributed by atoms with Crippen LogP contribution in [0.25, 0.3) is 0 Å². The molecule has 0 N–H and O–H groups in total. The van der Waals surface area contributed by atoms with Crippen LogP contribution >= 0.6 is 22.6 Å². The van der Waals surface area contributed by atoms with Crippen molar-refractivity contribution in [2.75, 3.05) is 6.61 Å². The Kier molecular flexibility index (Phi) is 5.39. The van der Waals surface area contributed by atoms with E-state index in [2.05, 4.69) is 9.72 Å². The molecule has 19 heavy (non-hydrogen) atoms. The van der Waals surface area contributed by atoms with Crippen LogP contribution in [-0.4, -0.2) is 23.9 Å². The molecule has 0 saturated heterocycles. The predicted molar refractivity (Wildman–Crippen MR) is 68.7 cm³/mol. The predicted octanol–water partition coefficient (Wildman–Crippen LogP) is 3.00. The maximum Gasteiger partial charge on any atom is 0.573 e. The summed E-state index contributed by atoms with van der Waals surface area (Å²) in [4.78, 5) is 15.2. The van der Waals surface area contributed by atoms with Crippen LogP contribution in [0, 0.1) is 10.6 Å². The molecule has 0 atom stereocenters. The van der Waals surface area contributed by atoms with Gasteiger partial charge in [0.15, 0.2) is 5.75 Å². The number of carbonyl (C=O) groups is 1. The Morgan fingerprint density at radius 3 is 2.63 bits per heavy atom. The normalized spacial score (nSPS) is 11.3. The summed E-state index contributed by atoms with van der Waals surface area (Å²) in [5.74, 6) is -1.05. The summed E-state index contributed by atoms with van der Waals surface area (Å²) in [6.07, 6.45) is -3.73. The van der Waals surface area contributed by atoms with E-state index in [1.165, 1.54) is 6.20 Å². The zero-order chi connectivity index (χ0) is 14.6. The highest BCUT2D eigenvalue weighted by molar-refractivity contribution is 14.1. The molecule has 0 radical (unpaired) electrons. The van der Waals surface area contributed by atoms with E-state index >= 15 is 0 Å². The van der Waals surface area contributed by atoms with Gasteiger partial charge < -0.3 is 9.47 Å². The van der Waals surface area contributed by atoms with Gasteiger partial charge in [-0.25, -0.2) is 4.98 Å². The third kappa shape index (κ3) is 4.84. The molecule has 0 saturated carbocycles. The van der Waals surface area contributed by atoms with Gasteiger partial charge in [-0.3, -0.25) is 4.79 Å². The Hall–Kier alpha value is -1.06. The van der Waals surface area contributed by atoms with Gasteiger partial charge in [0, 0.05) is 11.8 Å². The first-order chi connectivity index (χ1) is 8.74. The number of halogens is 4. The minimum absolute atomic E-state index is 0.0415. The fourth-order valence-electron chi connectivity index (χ4n) is 1.39. The van der Waals surface area contributed by atoms with Crippen molar-refractivity contribution in [2.24, 2.45) is 0 Å². The standard InChI is InChI=1S/C11H11F3INO3/c1-3-18-8(17)4-7-6(2)5-16-10(15)9(7)19-11(12,13)14/h5H,3-4H2,1-2H3. The second kappa shape index (κ2) is 6.40. The van der Waals surface area contributed by atoms with Crippen LogP contribution in [0.3, 0.4) is 0 Å². The number of hydrogen-bond acceptors (Lipinski definition) is 4. The van der Waals surface area contributed by atoms with Gasteiger partial charge in [0.25, 0.3) is 0 Å². The summed E-state index contributed by atoms with van der Waals surface area (Å²) in [5, 5.41) is 0. The molecule has 0 aliphatic heterocycles. The molecule has 0 bridgehead atoms. The molecule has 1 rings (SSSR count). The van der Waals surface area contributed by atoms with Crippen LogP contribution in [0.1, 0.15) is 18.1 Å². The number of aromatic nitrogens is 1. The minimum atomic E-state index is -4.83. The lowest BCUT2D eigenvalue weighted by atomic mass is 10.1. The van der Waals surface area contributed by atoms with Crippen LogP contribution in [0.2, 0.25) is 0 Å². The second-order valence-corrected chi connectivity index (χ2v) is 4.59.